The number of hydrogen-bond donors (Lipinski definition) is 1. The van der Waals surface area contributed by atoms with Gasteiger partial charge in [-0.15, -0.1) is 0 Å². The highest BCUT2D eigenvalue weighted by molar-refractivity contribution is 7.87. The van der Waals surface area contributed by atoms with Gasteiger partial charge in [0.2, 0.25) is 0 Å². The minimum atomic E-state index is -5.61. The van der Waals surface area contributed by atoms with Gasteiger partial charge in [0, 0.05) is 5.54 Å². The molecule has 124 valence electrons. The molecular weight excluding hydrogens is 315 g/mol. The van der Waals surface area contributed by atoms with E-state index in [4.69, 9.17) is 4.74 Å². The van der Waals surface area contributed by atoms with Crippen molar-refractivity contribution in [3.8, 4) is 0 Å². The van der Waals surface area contributed by atoms with E-state index >= 15 is 0 Å². The summed E-state index contributed by atoms with van der Waals surface area (Å²) in [7, 11) is -5.61. The van der Waals surface area contributed by atoms with Gasteiger partial charge in [-0.2, -0.15) is 21.6 Å². The summed E-state index contributed by atoms with van der Waals surface area (Å²) in [5.41, 5.74) is -7.01. The molecule has 0 aromatic rings. The Morgan fingerprint density at radius 2 is 1.71 bits per heavy atom. The van der Waals surface area contributed by atoms with Crippen LogP contribution in [0, 0.1) is 0 Å². The molecule has 0 heterocycles. The molecule has 1 amide bonds. The third kappa shape index (κ3) is 5.03. The molecule has 0 unspecified atom stereocenters. The average molecular weight is 333 g/mol. The van der Waals surface area contributed by atoms with Gasteiger partial charge in [-0.05, 0) is 40.5 Å². The Morgan fingerprint density at radius 3 is 2.10 bits per heavy atom. The third-order valence-electron chi connectivity index (χ3n) is 2.71. The minimum Gasteiger partial charge on any atom is -0.444 e. The van der Waals surface area contributed by atoms with Gasteiger partial charge in [-0.25, -0.2) is 4.79 Å². The Morgan fingerprint density at radius 1 is 1.24 bits per heavy atom. The summed E-state index contributed by atoms with van der Waals surface area (Å²) in [5.74, 6) is 0. The van der Waals surface area contributed by atoms with Crippen molar-refractivity contribution in [1.29, 1.82) is 0 Å². The predicted octanol–water partition coefficient (Wildman–Crippen LogP) is 2.30. The molecule has 1 N–H and O–H groups in total. The van der Waals surface area contributed by atoms with Crippen molar-refractivity contribution < 1.29 is 35.3 Å². The zero-order chi connectivity index (χ0) is 16.7. The second-order valence-electron chi connectivity index (χ2n) is 6.21. The van der Waals surface area contributed by atoms with Crippen molar-refractivity contribution in [3.63, 3.8) is 0 Å². The first-order valence-electron chi connectivity index (χ1n) is 6.14. The van der Waals surface area contributed by atoms with Crippen molar-refractivity contribution in [2.45, 2.75) is 63.3 Å². The van der Waals surface area contributed by atoms with Crippen LogP contribution in [0.4, 0.5) is 18.0 Å². The zero-order valence-corrected chi connectivity index (χ0v) is 12.9. The Bertz CT molecular complexity index is 503. The van der Waals surface area contributed by atoms with E-state index in [9.17, 15) is 26.4 Å². The van der Waals surface area contributed by atoms with Crippen LogP contribution in [0.3, 0.4) is 0 Å². The summed E-state index contributed by atoms with van der Waals surface area (Å²) in [6.45, 7) is 6.56. The quantitative estimate of drug-likeness (QED) is 0.633. The average Bonchev–Trinajstić information content (AvgIpc) is 2.08. The van der Waals surface area contributed by atoms with Crippen LogP contribution in [0.5, 0.6) is 0 Å². The van der Waals surface area contributed by atoms with E-state index in [0.29, 0.717) is 0 Å². The molecule has 1 fully saturated rings. The van der Waals surface area contributed by atoms with Crippen molar-refractivity contribution in [1.82, 2.24) is 5.32 Å². The standard InChI is InChI=1S/C11H18F3NO5S/c1-9(2,3)19-8(16)15-10(4)5-7(6-10)20-21(17,18)11(12,13)14/h7H,5-6H2,1-4H3,(H,15,16). The molecule has 1 aliphatic rings. The fourth-order valence-electron chi connectivity index (χ4n) is 1.90. The molecule has 10 heteroatoms. The number of rotatable bonds is 3. The summed E-state index contributed by atoms with van der Waals surface area (Å²) in [5, 5.41) is 2.49. The Kier molecular flexibility index (Phi) is 4.56. The lowest BCUT2D eigenvalue weighted by molar-refractivity contribution is -0.0661. The second-order valence-corrected chi connectivity index (χ2v) is 7.78. The van der Waals surface area contributed by atoms with E-state index in [1.165, 1.54) is 0 Å². The van der Waals surface area contributed by atoms with Crippen LogP contribution in [0.2, 0.25) is 0 Å². The molecule has 0 aromatic heterocycles. The third-order valence-corrected chi connectivity index (χ3v) is 3.80. The first kappa shape index (κ1) is 18.0. The number of amides is 1. The van der Waals surface area contributed by atoms with Gasteiger partial charge >= 0.3 is 21.7 Å². The molecule has 1 rings (SSSR count). The number of hydrogen-bond acceptors (Lipinski definition) is 5. The topological polar surface area (TPSA) is 81.7 Å². The van der Waals surface area contributed by atoms with Crippen LogP contribution in [0.15, 0.2) is 0 Å². The molecular formula is C11H18F3NO5S. The van der Waals surface area contributed by atoms with Gasteiger partial charge in [-0.3, -0.25) is 4.18 Å². The van der Waals surface area contributed by atoms with Crippen molar-refractivity contribution in [3.05, 3.63) is 0 Å². The molecule has 0 aliphatic heterocycles. The van der Waals surface area contributed by atoms with Gasteiger partial charge < -0.3 is 10.1 Å². The Hall–Kier alpha value is -1.03. The fraction of sp³-hybridized carbons (Fsp3) is 0.909. The molecule has 1 saturated carbocycles. The lowest BCUT2D eigenvalue weighted by Gasteiger charge is -2.44. The molecule has 0 spiro atoms. The molecule has 21 heavy (non-hydrogen) atoms. The van der Waals surface area contributed by atoms with E-state index in [-0.39, 0.29) is 12.8 Å². The summed E-state index contributed by atoms with van der Waals surface area (Å²) in [6, 6.07) is 0. The highest BCUT2D eigenvalue weighted by Crippen LogP contribution is 2.38. The highest BCUT2D eigenvalue weighted by atomic mass is 32.2. The van der Waals surface area contributed by atoms with Gasteiger partial charge in [-0.1, -0.05) is 0 Å². The van der Waals surface area contributed by atoms with Crippen LogP contribution in [0.25, 0.3) is 0 Å². The van der Waals surface area contributed by atoms with Gasteiger partial charge in [0.1, 0.15) is 5.60 Å². The lowest BCUT2D eigenvalue weighted by atomic mass is 9.76. The Balaban J connectivity index is 2.50. The van der Waals surface area contributed by atoms with Crippen LogP contribution in [0.1, 0.15) is 40.5 Å². The van der Waals surface area contributed by atoms with Crippen LogP contribution < -0.4 is 5.32 Å². The van der Waals surface area contributed by atoms with E-state index in [1.807, 2.05) is 0 Å². The van der Waals surface area contributed by atoms with E-state index in [0.717, 1.165) is 0 Å². The maximum Gasteiger partial charge on any atom is 0.523 e. The maximum absolute atomic E-state index is 12.1. The number of carbonyl (C=O) groups is 1. The van der Waals surface area contributed by atoms with Gasteiger partial charge in [0.05, 0.1) is 6.10 Å². The minimum absolute atomic E-state index is 0.0540. The predicted molar refractivity (Wildman–Crippen MR) is 66.9 cm³/mol. The zero-order valence-electron chi connectivity index (χ0n) is 12.1. The lowest BCUT2D eigenvalue weighted by Crippen LogP contribution is -2.59. The molecule has 0 radical (unpaired) electrons. The normalized spacial score (nSPS) is 26.9. The summed E-state index contributed by atoms with van der Waals surface area (Å²) in [6.07, 6.45) is -1.94. The number of alkyl halides is 3. The number of ether oxygens (including phenoxy) is 1. The van der Waals surface area contributed by atoms with Crippen molar-refractivity contribution >= 4 is 16.2 Å². The molecule has 6 nitrogen and oxygen atoms in total. The molecule has 0 bridgehead atoms. The monoisotopic (exact) mass is 333 g/mol. The van der Waals surface area contributed by atoms with Crippen LogP contribution in [-0.2, 0) is 19.0 Å². The van der Waals surface area contributed by atoms with Crippen LogP contribution >= 0.6 is 0 Å². The first-order chi connectivity index (χ1) is 9.14. The molecule has 0 saturated heterocycles. The first-order valence-corrected chi connectivity index (χ1v) is 7.55. The highest BCUT2D eigenvalue weighted by Gasteiger charge is 2.52. The Labute approximate surface area is 121 Å². The van der Waals surface area contributed by atoms with Crippen LogP contribution in [-0.4, -0.2) is 37.3 Å². The molecule has 0 atom stereocenters. The number of alkyl carbamates (subject to hydrolysis) is 1. The summed E-state index contributed by atoms with van der Waals surface area (Å²) >= 11 is 0. The van der Waals surface area contributed by atoms with E-state index in [2.05, 4.69) is 9.50 Å². The maximum atomic E-state index is 12.1. The molecule has 1 aliphatic carbocycles. The SMILES string of the molecule is CC1(NC(=O)OC(C)(C)C)CC(OS(=O)(=O)C(F)(F)F)C1. The van der Waals surface area contributed by atoms with Gasteiger partial charge in [0.15, 0.2) is 0 Å². The number of carbonyl (C=O) groups excluding carboxylic acids is 1. The van der Waals surface area contributed by atoms with E-state index < -0.39 is 39.0 Å². The van der Waals surface area contributed by atoms with Crippen molar-refractivity contribution in [2.24, 2.45) is 0 Å². The summed E-state index contributed by atoms with van der Waals surface area (Å²) in [4.78, 5) is 11.5. The largest absolute Gasteiger partial charge is 0.523 e. The summed E-state index contributed by atoms with van der Waals surface area (Å²) < 4.78 is 67.1. The smallest absolute Gasteiger partial charge is 0.444 e. The fourth-order valence-corrected chi connectivity index (χ4v) is 2.50. The number of nitrogens with one attached hydrogen (secondary N) is 1. The van der Waals surface area contributed by atoms with Gasteiger partial charge in [0.25, 0.3) is 0 Å². The second kappa shape index (κ2) is 5.31. The van der Waals surface area contributed by atoms with E-state index in [1.54, 1.807) is 27.7 Å². The van der Waals surface area contributed by atoms with Crippen molar-refractivity contribution in [2.75, 3.05) is 0 Å². The number of halogens is 3. The molecule has 0 aromatic carbocycles.